The van der Waals surface area contributed by atoms with Crippen LogP contribution in [0.1, 0.15) is 53.8 Å². The van der Waals surface area contributed by atoms with Gasteiger partial charge in [0.2, 0.25) is 11.8 Å². The van der Waals surface area contributed by atoms with Crippen molar-refractivity contribution in [2.75, 3.05) is 6.54 Å². The Kier molecular flexibility index (Phi) is 6.13. The van der Waals surface area contributed by atoms with Crippen LogP contribution in [-0.4, -0.2) is 74.6 Å². The van der Waals surface area contributed by atoms with Crippen molar-refractivity contribution in [3.63, 3.8) is 0 Å². The summed E-state index contributed by atoms with van der Waals surface area (Å²) in [6, 6.07) is 3.86. The summed E-state index contributed by atoms with van der Waals surface area (Å²) >= 11 is 0. The molecule has 5 amide bonds. The molecule has 11 nitrogen and oxygen atoms in total. The van der Waals surface area contributed by atoms with E-state index in [-0.39, 0.29) is 30.4 Å². The zero-order valence-corrected chi connectivity index (χ0v) is 17.7. The molecule has 170 valence electrons. The number of nitrogens with one attached hydrogen (secondary N) is 1. The Morgan fingerprint density at radius 2 is 1.75 bits per heavy atom. The summed E-state index contributed by atoms with van der Waals surface area (Å²) < 4.78 is 0. The number of carboxylic acids is 1. The van der Waals surface area contributed by atoms with E-state index in [0.29, 0.717) is 4.90 Å². The lowest BCUT2D eigenvalue weighted by Crippen LogP contribution is -2.66. The van der Waals surface area contributed by atoms with Crippen molar-refractivity contribution in [1.29, 1.82) is 0 Å². The molecule has 32 heavy (non-hydrogen) atoms. The van der Waals surface area contributed by atoms with Crippen LogP contribution in [-0.2, 0) is 19.2 Å². The van der Waals surface area contributed by atoms with Gasteiger partial charge in [-0.2, -0.15) is 0 Å². The number of fused-ring (bicyclic) bond motifs is 1. The first kappa shape index (κ1) is 23.1. The number of nitrogens with two attached hydrogens (primary N) is 1. The molecule has 0 radical (unpaired) electrons. The highest BCUT2D eigenvalue weighted by molar-refractivity contribution is 6.23. The van der Waals surface area contributed by atoms with Crippen molar-refractivity contribution >= 4 is 35.5 Å². The molecule has 2 aliphatic heterocycles. The average Bonchev–Trinajstić information content (AvgIpc) is 3.00. The molecule has 0 spiro atoms. The van der Waals surface area contributed by atoms with Crippen LogP contribution in [0, 0.1) is 0 Å². The molecule has 1 aromatic rings. The van der Waals surface area contributed by atoms with Gasteiger partial charge in [0.25, 0.3) is 17.7 Å². The Morgan fingerprint density at radius 1 is 1.19 bits per heavy atom. The average molecular weight is 444 g/mol. The highest BCUT2D eigenvalue weighted by Crippen LogP contribution is 2.30. The highest BCUT2D eigenvalue weighted by Gasteiger charge is 2.50. The van der Waals surface area contributed by atoms with Gasteiger partial charge in [-0.1, -0.05) is 19.1 Å². The lowest BCUT2D eigenvalue weighted by molar-refractivity contribution is -0.157. The number of likely N-dealkylation sites (tertiary alicyclic amines) is 1. The van der Waals surface area contributed by atoms with Gasteiger partial charge in [-0.3, -0.25) is 33.8 Å². The Labute approximate surface area is 183 Å². The molecule has 4 N–H and O–H groups in total. The summed E-state index contributed by atoms with van der Waals surface area (Å²) in [6.45, 7) is 2.19. The van der Waals surface area contributed by atoms with Crippen molar-refractivity contribution in [3.05, 3.63) is 35.4 Å². The van der Waals surface area contributed by atoms with Crippen molar-refractivity contribution < 1.29 is 33.9 Å². The molecule has 1 aromatic carbocycles. The number of amides is 5. The van der Waals surface area contributed by atoms with E-state index in [1.165, 1.54) is 26.0 Å². The fourth-order valence-electron chi connectivity index (χ4n) is 3.85. The Bertz CT molecular complexity index is 986. The van der Waals surface area contributed by atoms with Crippen molar-refractivity contribution in [1.82, 2.24) is 15.1 Å². The minimum atomic E-state index is -1.97. The van der Waals surface area contributed by atoms with E-state index in [2.05, 4.69) is 5.32 Å². The first-order valence-electron chi connectivity index (χ1n) is 10.2. The highest BCUT2D eigenvalue weighted by atomic mass is 16.4. The van der Waals surface area contributed by atoms with Gasteiger partial charge in [0.15, 0.2) is 5.54 Å². The number of nitrogens with zero attached hydrogens (tertiary/aromatic N) is 2. The maximum absolute atomic E-state index is 13.2. The zero-order chi connectivity index (χ0) is 23.8. The molecule has 2 aliphatic rings. The smallest absolute Gasteiger partial charge is 0.331 e. The van der Waals surface area contributed by atoms with E-state index in [4.69, 9.17) is 5.73 Å². The van der Waals surface area contributed by atoms with Crippen LogP contribution >= 0.6 is 0 Å². The number of hydrogen-bond donors (Lipinski definition) is 3. The third kappa shape index (κ3) is 3.75. The van der Waals surface area contributed by atoms with Crippen LogP contribution in [0.3, 0.4) is 0 Å². The molecule has 3 atom stereocenters. The number of carboxylic acid groups (broad SMARTS) is 1. The monoisotopic (exact) mass is 444 g/mol. The van der Waals surface area contributed by atoms with Gasteiger partial charge < -0.3 is 16.2 Å². The number of aliphatic carboxylic acids is 1. The summed E-state index contributed by atoms with van der Waals surface area (Å²) in [5, 5.41) is 12.1. The van der Waals surface area contributed by atoms with Crippen molar-refractivity contribution in [2.24, 2.45) is 5.73 Å². The fraction of sp³-hybridized carbons (Fsp3) is 0.429. The summed E-state index contributed by atoms with van der Waals surface area (Å²) in [6.07, 6.45) is -0.391. The molecule has 0 bridgehead atoms. The van der Waals surface area contributed by atoms with Gasteiger partial charge in [-0.05, 0) is 31.9 Å². The number of carbonyl (C=O) groups excluding carboxylic acids is 5. The quantitative estimate of drug-likeness (QED) is 0.473. The third-order valence-electron chi connectivity index (χ3n) is 5.84. The summed E-state index contributed by atoms with van der Waals surface area (Å²) in [5.74, 6) is -5.03. The SMILES string of the molecule is CC[C@@](CN1C(=O)CCC(N2C(=O)c3ccccc3C2=O)C1=O)(NC(=O)[C@H](C)N)C(=O)O. The van der Waals surface area contributed by atoms with Crippen LogP contribution in [0.25, 0.3) is 0 Å². The molecular weight excluding hydrogens is 420 g/mol. The first-order valence-corrected chi connectivity index (χ1v) is 10.2. The maximum Gasteiger partial charge on any atom is 0.331 e. The third-order valence-corrected chi connectivity index (χ3v) is 5.84. The second-order valence-corrected chi connectivity index (χ2v) is 7.92. The van der Waals surface area contributed by atoms with Gasteiger partial charge in [0.05, 0.1) is 23.7 Å². The summed E-state index contributed by atoms with van der Waals surface area (Å²) in [4.78, 5) is 77.1. The number of hydrogen-bond acceptors (Lipinski definition) is 7. The Morgan fingerprint density at radius 3 is 2.22 bits per heavy atom. The molecule has 1 unspecified atom stereocenters. The van der Waals surface area contributed by atoms with E-state index in [1.54, 1.807) is 12.1 Å². The molecule has 1 saturated heterocycles. The number of rotatable bonds is 7. The zero-order valence-electron chi connectivity index (χ0n) is 17.7. The lowest BCUT2D eigenvalue weighted by Gasteiger charge is -2.39. The van der Waals surface area contributed by atoms with E-state index in [9.17, 15) is 33.9 Å². The van der Waals surface area contributed by atoms with Crippen molar-refractivity contribution in [2.45, 2.75) is 50.7 Å². The topological polar surface area (TPSA) is 167 Å². The van der Waals surface area contributed by atoms with Gasteiger partial charge in [-0.15, -0.1) is 0 Å². The van der Waals surface area contributed by atoms with E-state index in [0.717, 1.165) is 4.90 Å². The molecular formula is C21H24N4O7. The Hall–Kier alpha value is -3.60. The number of imide groups is 2. The number of carbonyl (C=O) groups is 6. The first-order chi connectivity index (χ1) is 15.0. The lowest BCUT2D eigenvalue weighted by atomic mass is 9.92. The molecule has 1 fully saturated rings. The van der Waals surface area contributed by atoms with Gasteiger partial charge in [-0.25, -0.2) is 4.79 Å². The van der Waals surface area contributed by atoms with E-state index in [1.807, 2.05) is 0 Å². The van der Waals surface area contributed by atoms with Crippen LogP contribution in [0.4, 0.5) is 0 Å². The van der Waals surface area contributed by atoms with Gasteiger partial charge >= 0.3 is 5.97 Å². The predicted octanol–water partition coefficient (Wildman–Crippen LogP) is -0.503. The minimum absolute atomic E-state index is 0.0714. The maximum atomic E-state index is 13.2. The van der Waals surface area contributed by atoms with Crippen LogP contribution < -0.4 is 11.1 Å². The second kappa shape index (κ2) is 8.50. The molecule has 0 aliphatic carbocycles. The number of piperidine rings is 1. The fourth-order valence-corrected chi connectivity index (χ4v) is 3.85. The largest absolute Gasteiger partial charge is 0.479 e. The summed E-state index contributed by atoms with van der Waals surface area (Å²) in [5.41, 5.74) is 3.87. The van der Waals surface area contributed by atoms with Gasteiger partial charge in [0.1, 0.15) is 6.04 Å². The Balaban J connectivity index is 1.91. The second-order valence-electron chi connectivity index (χ2n) is 7.92. The minimum Gasteiger partial charge on any atom is -0.479 e. The molecule has 11 heteroatoms. The molecule has 2 heterocycles. The van der Waals surface area contributed by atoms with Crippen LogP contribution in [0.2, 0.25) is 0 Å². The summed E-state index contributed by atoms with van der Waals surface area (Å²) in [7, 11) is 0. The van der Waals surface area contributed by atoms with Crippen molar-refractivity contribution in [3.8, 4) is 0 Å². The number of benzene rings is 1. The van der Waals surface area contributed by atoms with Crippen LogP contribution in [0.5, 0.6) is 0 Å². The molecule has 3 rings (SSSR count). The normalized spacial score (nSPS) is 21.3. The predicted molar refractivity (Wildman–Crippen MR) is 109 cm³/mol. The molecule has 0 saturated carbocycles. The molecule has 0 aromatic heterocycles. The van der Waals surface area contributed by atoms with Crippen LogP contribution in [0.15, 0.2) is 24.3 Å². The van der Waals surface area contributed by atoms with E-state index < -0.39 is 59.7 Å². The standard InChI is InChI=1S/C21H24N4O7/c1-3-21(20(31)32,23-16(27)11(2)22)10-24-15(26)9-8-14(19(24)30)25-17(28)12-6-4-5-7-13(12)18(25)29/h4-7,11,14H,3,8-10,22H2,1-2H3,(H,23,27)(H,31,32)/t11-,14?,21-/m0/s1. The van der Waals surface area contributed by atoms with E-state index >= 15 is 0 Å². The van der Waals surface area contributed by atoms with Gasteiger partial charge in [0, 0.05) is 6.42 Å².